The van der Waals surface area contributed by atoms with Crippen molar-refractivity contribution in [1.82, 2.24) is 10.2 Å². The van der Waals surface area contributed by atoms with E-state index in [2.05, 4.69) is 10.2 Å². The van der Waals surface area contributed by atoms with Crippen LogP contribution in [0.5, 0.6) is 0 Å². The van der Waals surface area contributed by atoms with Crippen LogP contribution in [0.1, 0.15) is 18.1 Å². The lowest BCUT2D eigenvalue weighted by Gasteiger charge is -2.09. The van der Waals surface area contributed by atoms with Crippen molar-refractivity contribution >= 4 is 22.4 Å². The Morgan fingerprint density at radius 1 is 1.18 bits per heavy atom. The molecule has 0 aliphatic heterocycles. The van der Waals surface area contributed by atoms with Gasteiger partial charge in [-0.05, 0) is 29.7 Å². The van der Waals surface area contributed by atoms with Crippen LogP contribution in [0.15, 0.2) is 60.8 Å². The zero-order valence-electron chi connectivity index (χ0n) is 12.2. The van der Waals surface area contributed by atoms with Crippen LogP contribution in [0, 0.1) is 0 Å². The second kappa shape index (κ2) is 6.26. The summed E-state index contributed by atoms with van der Waals surface area (Å²) in [6, 6.07) is 15.7. The molecule has 0 bridgehead atoms. The van der Waals surface area contributed by atoms with Crippen LogP contribution in [-0.2, 0) is 9.53 Å². The van der Waals surface area contributed by atoms with E-state index >= 15 is 0 Å². The van der Waals surface area contributed by atoms with E-state index in [0.717, 1.165) is 27.6 Å². The first-order valence-corrected chi connectivity index (χ1v) is 7.15. The number of carbonyl (C=O) groups excluding carboxylic acids is 1. The Morgan fingerprint density at radius 3 is 2.77 bits per heavy atom. The highest BCUT2D eigenvalue weighted by atomic mass is 16.5. The molecule has 110 valence electrons. The van der Waals surface area contributed by atoms with Crippen molar-refractivity contribution < 1.29 is 9.53 Å². The lowest BCUT2D eigenvalue weighted by atomic mass is 9.97. The average Bonchev–Trinajstić information content (AvgIpc) is 3.01. The number of nitrogens with one attached hydrogen (secondary N) is 1. The maximum atomic E-state index is 11.9. The van der Waals surface area contributed by atoms with Crippen LogP contribution in [-0.4, -0.2) is 22.8 Å². The molecule has 0 aliphatic carbocycles. The molecule has 4 heteroatoms. The number of nitrogens with zero attached hydrogens (tertiary/aromatic N) is 1. The van der Waals surface area contributed by atoms with Gasteiger partial charge in [0.05, 0.1) is 18.3 Å². The van der Waals surface area contributed by atoms with Gasteiger partial charge in [-0.1, -0.05) is 42.5 Å². The number of hydrogen-bond acceptors (Lipinski definition) is 3. The molecule has 0 unspecified atom stereocenters. The van der Waals surface area contributed by atoms with Gasteiger partial charge in [0.1, 0.15) is 0 Å². The second-order valence-corrected chi connectivity index (χ2v) is 4.85. The van der Waals surface area contributed by atoms with Gasteiger partial charge in [0.25, 0.3) is 0 Å². The van der Waals surface area contributed by atoms with Crippen LogP contribution in [0.2, 0.25) is 0 Å². The van der Waals surface area contributed by atoms with Gasteiger partial charge in [0.15, 0.2) is 0 Å². The minimum absolute atomic E-state index is 0.342. The summed E-state index contributed by atoms with van der Waals surface area (Å²) < 4.78 is 5.05. The zero-order chi connectivity index (χ0) is 15.4. The topological polar surface area (TPSA) is 55.0 Å². The van der Waals surface area contributed by atoms with Gasteiger partial charge < -0.3 is 4.74 Å². The third kappa shape index (κ3) is 2.91. The molecule has 3 rings (SSSR count). The maximum absolute atomic E-state index is 11.9. The molecule has 0 fully saturated rings. The van der Waals surface area contributed by atoms with Crippen LogP contribution < -0.4 is 0 Å². The first-order chi connectivity index (χ1) is 10.8. The summed E-state index contributed by atoms with van der Waals surface area (Å²) in [5.41, 5.74) is 3.67. The minimum Gasteiger partial charge on any atom is -0.463 e. The molecule has 0 spiro atoms. The van der Waals surface area contributed by atoms with Crippen molar-refractivity contribution in [3.05, 3.63) is 71.9 Å². The molecular formula is C18H16N2O2. The molecule has 1 heterocycles. The fourth-order valence-corrected chi connectivity index (χ4v) is 2.36. The number of H-pyrrole nitrogens is 1. The summed E-state index contributed by atoms with van der Waals surface area (Å²) in [6.45, 7) is 2.15. The number of benzene rings is 2. The minimum atomic E-state index is -0.342. The van der Waals surface area contributed by atoms with Crippen molar-refractivity contribution in [3.63, 3.8) is 0 Å². The van der Waals surface area contributed by atoms with E-state index in [1.165, 1.54) is 6.08 Å². The van der Waals surface area contributed by atoms with Crippen molar-refractivity contribution in [3.8, 4) is 0 Å². The Morgan fingerprint density at radius 2 is 2.00 bits per heavy atom. The van der Waals surface area contributed by atoms with E-state index in [4.69, 9.17) is 4.74 Å². The maximum Gasteiger partial charge on any atom is 0.331 e. The normalized spacial score (nSPS) is 11.6. The molecule has 1 N–H and O–H groups in total. The first-order valence-electron chi connectivity index (χ1n) is 7.15. The number of ether oxygens (including phenoxy) is 1. The Balaban J connectivity index is 2.10. The van der Waals surface area contributed by atoms with E-state index in [0.29, 0.717) is 6.61 Å². The van der Waals surface area contributed by atoms with Crippen molar-refractivity contribution in [2.24, 2.45) is 0 Å². The molecule has 0 aliphatic rings. The third-order valence-electron chi connectivity index (χ3n) is 3.39. The number of carbonyl (C=O) groups is 1. The Labute approximate surface area is 128 Å². The van der Waals surface area contributed by atoms with Gasteiger partial charge in [-0.25, -0.2) is 4.79 Å². The summed E-state index contributed by atoms with van der Waals surface area (Å²) in [6.07, 6.45) is 3.31. The predicted molar refractivity (Wildman–Crippen MR) is 86.2 cm³/mol. The highest BCUT2D eigenvalue weighted by Crippen LogP contribution is 2.26. The van der Waals surface area contributed by atoms with Crippen LogP contribution in [0.3, 0.4) is 0 Å². The molecule has 1 aromatic heterocycles. The molecule has 0 saturated heterocycles. The molecule has 0 radical (unpaired) electrons. The van der Waals surface area contributed by atoms with Crippen molar-refractivity contribution in [1.29, 1.82) is 0 Å². The number of esters is 1. The molecule has 2 aromatic carbocycles. The standard InChI is InChI=1S/C18H16N2O2/c1-2-22-18(21)11-16(13-6-4-3-5-7-13)14-8-9-15-12-19-20-17(15)10-14/h3-12H,2H2,1H3,(H,19,20)/b16-11+. The van der Waals surface area contributed by atoms with Gasteiger partial charge in [0, 0.05) is 11.5 Å². The summed E-state index contributed by atoms with van der Waals surface area (Å²) in [7, 11) is 0. The van der Waals surface area contributed by atoms with E-state index in [1.807, 2.05) is 48.5 Å². The molecule has 0 atom stereocenters. The molecular weight excluding hydrogens is 276 g/mol. The highest BCUT2D eigenvalue weighted by molar-refractivity contribution is 5.97. The average molecular weight is 292 g/mol. The summed E-state index contributed by atoms with van der Waals surface area (Å²) in [5, 5.41) is 8.01. The highest BCUT2D eigenvalue weighted by Gasteiger charge is 2.09. The number of rotatable bonds is 4. The van der Waals surface area contributed by atoms with Gasteiger partial charge >= 0.3 is 5.97 Å². The van der Waals surface area contributed by atoms with E-state index in [-0.39, 0.29) is 5.97 Å². The Hall–Kier alpha value is -2.88. The lowest BCUT2D eigenvalue weighted by molar-refractivity contribution is -0.137. The van der Waals surface area contributed by atoms with Crippen molar-refractivity contribution in [2.75, 3.05) is 6.61 Å². The summed E-state index contributed by atoms with van der Waals surface area (Å²) in [5.74, 6) is -0.342. The van der Waals surface area contributed by atoms with Crippen LogP contribution >= 0.6 is 0 Å². The third-order valence-corrected chi connectivity index (χ3v) is 3.39. The van der Waals surface area contributed by atoms with Gasteiger partial charge in [-0.3, -0.25) is 5.10 Å². The Kier molecular flexibility index (Phi) is 4.01. The smallest absolute Gasteiger partial charge is 0.331 e. The van der Waals surface area contributed by atoms with Gasteiger partial charge in [-0.15, -0.1) is 0 Å². The number of hydrogen-bond donors (Lipinski definition) is 1. The van der Waals surface area contributed by atoms with Crippen LogP contribution in [0.4, 0.5) is 0 Å². The summed E-state index contributed by atoms with van der Waals surface area (Å²) in [4.78, 5) is 11.9. The molecule has 0 amide bonds. The van der Waals surface area contributed by atoms with Gasteiger partial charge in [-0.2, -0.15) is 5.10 Å². The predicted octanol–water partition coefficient (Wildman–Crippen LogP) is 3.56. The number of fused-ring (bicyclic) bond motifs is 1. The number of aromatic amines is 1. The Bertz CT molecular complexity index is 819. The summed E-state index contributed by atoms with van der Waals surface area (Å²) >= 11 is 0. The fraction of sp³-hybridized carbons (Fsp3) is 0.111. The second-order valence-electron chi connectivity index (χ2n) is 4.85. The fourth-order valence-electron chi connectivity index (χ4n) is 2.36. The number of aromatic nitrogens is 2. The molecule has 4 nitrogen and oxygen atoms in total. The van der Waals surface area contributed by atoms with E-state index in [9.17, 15) is 4.79 Å². The van der Waals surface area contributed by atoms with Gasteiger partial charge in [0.2, 0.25) is 0 Å². The van der Waals surface area contributed by atoms with Crippen LogP contribution in [0.25, 0.3) is 16.5 Å². The SMILES string of the molecule is CCOC(=O)/C=C(\c1ccccc1)c1ccc2cn[nH]c2c1. The molecule has 3 aromatic rings. The largest absolute Gasteiger partial charge is 0.463 e. The molecule has 22 heavy (non-hydrogen) atoms. The first kappa shape index (κ1) is 14.1. The van der Waals surface area contributed by atoms with Crippen molar-refractivity contribution in [2.45, 2.75) is 6.92 Å². The monoisotopic (exact) mass is 292 g/mol. The van der Waals surface area contributed by atoms with E-state index < -0.39 is 0 Å². The van der Waals surface area contributed by atoms with E-state index in [1.54, 1.807) is 13.1 Å². The zero-order valence-corrected chi connectivity index (χ0v) is 12.2. The lowest BCUT2D eigenvalue weighted by Crippen LogP contribution is -2.01. The quantitative estimate of drug-likeness (QED) is 0.591. The molecule has 0 saturated carbocycles.